The van der Waals surface area contributed by atoms with Crippen LogP contribution in [0.5, 0.6) is 0 Å². The molecule has 0 atom stereocenters. The van der Waals surface area contributed by atoms with Crippen molar-refractivity contribution in [3.63, 3.8) is 0 Å². The van der Waals surface area contributed by atoms with Gasteiger partial charge in [-0.3, -0.25) is 4.79 Å². The molecular formula is C24H28FNO2S. The zero-order valence-corrected chi connectivity index (χ0v) is 18.3. The fourth-order valence-corrected chi connectivity index (χ4v) is 5.00. The van der Waals surface area contributed by atoms with E-state index < -0.39 is 5.97 Å². The molecule has 0 radical (unpaired) electrons. The molecule has 1 aliphatic heterocycles. The summed E-state index contributed by atoms with van der Waals surface area (Å²) in [5.41, 5.74) is 4.87. The monoisotopic (exact) mass is 413 g/mol. The summed E-state index contributed by atoms with van der Waals surface area (Å²) in [5.74, 6) is -0.644. The van der Waals surface area contributed by atoms with Gasteiger partial charge in [-0.15, -0.1) is 0 Å². The number of fused-ring (bicyclic) bond motifs is 3. The van der Waals surface area contributed by atoms with Crippen molar-refractivity contribution in [1.82, 2.24) is 4.57 Å². The third-order valence-corrected chi connectivity index (χ3v) is 6.28. The van der Waals surface area contributed by atoms with Gasteiger partial charge in [0.1, 0.15) is 5.82 Å². The van der Waals surface area contributed by atoms with Crippen LogP contribution < -0.4 is 0 Å². The Bertz CT molecular complexity index is 1020. The summed E-state index contributed by atoms with van der Waals surface area (Å²) < 4.78 is 16.7. The Morgan fingerprint density at radius 1 is 1.17 bits per heavy atom. The fourth-order valence-electron chi connectivity index (χ4n) is 3.84. The van der Waals surface area contributed by atoms with Crippen LogP contribution in [0.2, 0.25) is 0 Å². The molecular weight excluding hydrogens is 385 g/mol. The van der Waals surface area contributed by atoms with E-state index in [1.54, 1.807) is 12.1 Å². The van der Waals surface area contributed by atoms with E-state index in [1.807, 2.05) is 11.8 Å². The van der Waals surface area contributed by atoms with Crippen molar-refractivity contribution in [3.8, 4) is 0 Å². The van der Waals surface area contributed by atoms with Gasteiger partial charge in [-0.25, -0.2) is 4.39 Å². The van der Waals surface area contributed by atoms with Gasteiger partial charge >= 0.3 is 0 Å². The highest BCUT2D eigenvalue weighted by Gasteiger charge is 2.24. The Morgan fingerprint density at radius 2 is 1.83 bits per heavy atom. The highest BCUT2D eigenvalue weighted by molar-refractivity contribution is 7.99. The molecule has 154 valence electrons. The molecule has 2 aromatic carbocycles. The van der Waals surface area contributed by atoms with Crippen molar-refractivity contribution in [1.29, 1.82) is 0 Å². The van der Waals surface area contributed by atoms with E-state index in [2.05, 4.69) is 49.6 Å². The largest absolute Gasteiger partial charge is 0.481 e. The number of aromatic nitrogens is 1. The third-order valence-electron chi connectivity index (χ3n) is 5.13. The van der Waals surface area contributed by atoms with Gasteiger partial charge < -0.3 is 9.67 Å². The molecule has 5 heteroatoms. The number of nitrogens with zero attached hydrogens (tertiary/aromatic N) is 1. The maximum Gasteiger partial charge on any atom is 0.300 e. The van der Waals surface area contributed by atoms with Crippen molar-refractivity contribution < 1.29 is 14.3 Å². The summed E-state index contributed by atoms with van der Waals surface area (Å²) in [7, 11) is 0. The van der Waals surface area contributed by atoms with E-state index in [1.165, 1.54) is 39.3 Å². The van der Waals surface area contributed by atoms with Crippen molar-refractivity contribution in [2.45, 2.75) is 69.2 Å². The second-order valence-corrected chi connectivity index (χ2v) is 8.95. The Labute approximate surface area is 175 Å². The molecule has 0 bridgehead atoms. The number of carboxylic acid groups (broad SMARTS) is 1. The highest BCUT2D eigenvalue weighted by atomic mass is 32.2. The maximum atomic E-state index is 14.3. The van der Waals surface area contributed by atoms with E-state index >= 15 is 0 Å². The normalized spacial score (nSPS) is 13.2. The first-order valence-corrected chi connectivity index (χ1v) is 10.9. The average molecular weight is 414 g/mol. The van der Waals surface area contributed by atoms with E-state index in [4.69, 9.17) is 9.90 Å². The Morgan fingerprint density at radius 3 is 2.45 bits per heavy atom. The van der Waals surface area contributed by atoms with Crippen LogP contribution in [0.4, 0.5) is 4.39 Å². The molecule has 3 aromatic rings. The zero-order valence-electron chi connectivity index (χ0n) is 17.5. The molecule has 0 saturated carbocycles. The molecule has 3 nitrogen and oxygen atoms in total. The predicted octanol–water partition coefficient (Wildman–Crippen LogP) is 6.79. The minimum Gasteiger partial charge on any atom is -0.481 e. The third kappa shape index (κ3) is 4.84. The minimum absolute atomic E-state index is 0.117. The van der Waals surface area contributed by atoms with Crippen molar-refractivity contribution >= 4 is 28.6 Å². The summed E-state index contributed by atoms with van der Waals surface area (Å²) in [4.78, 5) is 11.6. The fraction of sp³-hybridized carbons (Fsp3) is 0.375. The van der Waals surface area contributed by atoms with Gasteiger partial charge in [-0.2, -0.15) is 0 Å². The highest BCUT2D eigenvalue weighted by Crippen LogP contribution is 2.44. The number of carbonyl (C=O) groups is 1. The first-order chi connectivity index (χ1) is 13.8. The van der Waals surface area contributed by atoms with Crippen LogP contribution in [-0.4, -0.2) is 15.6 Å². The Balaban J connectivity index is 0.000000552. The average Bonchev–Trinajstić information content (AvgIpc) is 2.96. The quantitative estimate of drug-likeness (QED) is 0.514. The van der Waals surface area contributed by atoms with Gasteiger partial charge in [0, 0.05) is 34.3 Å². The van der Waals surface area contributed by atoms with Gasteiger partial charge in [-0.1, -0.05) is 43.3 Å². The number of hydrogen-bond donors (Lipinski definition) is 1. The van der Waals surface area contributed by atoms with E-state index in [0.29, 0.717) is 5.92 Å². The van der Waals surface area contributed by atoms with Crippen molar-refractivity contribution in [3.05, 3.63) is 59.0 Å². The Hall–Kier alpha value is -2.27. The molecule has 1 aliphatic rings. The lowest BCUT2D eigenvalue weighted by Crippen LogP contribution is -2.09. The predicted molar refractivity (Wildman–Crippen MR) is 118 cm³/mol. The number of rotatable bonds is 3. The topological polar surface area (TPSA) is 42.2 Å². The smallest absolute Gasteiger partial charge is 0.300 e. The minimum atomic E-state index is -0.833. The lowest BCUT2D eigenvalue weighted by atomic mass is 9.99. The molecule has 0 saturated heterocycles. The second-order valence-electron chi connectivity index (χ2n) is 7.86. The summed E-state index contributed by atoms with van der Waals surface area (Å²) in [5, 5.41) is 8.68. The summed E-state index contributed by atoms with van der Waals surface area (Å²) >= 11 is 1.84. The van der Waals surface area contributed by atoms with Crippen molar-refractivity contribution in [2.75, 3.05) is 0 Å². The van der Waals surface area contributed by atoms with Crippen LogP contribution in [0.1, 0.15) is 56.4 Å². The van der Waals surface area contributed by atoms with Gasteiger partial charge in [-0.05, 0) is 61.9 Å². The summed E-state index contributed by atoms with van der Waals surface area (Å²) in [6.07, 6.45) is 3.48. The van der Waals surface area contributed by atoms with Gasteiger partial charge in [0.25, 0.3) is 5.97 Å². The van der Waals surface area contributed by atoms with E-state index in [9.17, 15) is 4.39 Å². The molecule has 2 heterocycles. The maximum absolute atomic E-state index is 14.3. The van der Waals surface area contributed by atoms with E-state index in [0.717, 1.165) is 31.0 Å². The van der Waals surface area contributed by atoms with Gasteiger partial charge in [0.05, 0.1) is 5.52 Å². The zero-order chi connectivity index (χ0) is 21.1. The van der Waals surface area contributed by atoms with Crippen LogP contribution in [0, 0.1) is 12.7 Å². The summed E-state index contributed by atoms with van der Waals surface area (Å²) in [6, 6.07) is 12.2. The molecule has 0 spiro atoms. The molecule has 0 aliphatic carbocycles. The van der Waals surface area contributed by atoms with Crippen LogP contribution in [0.3, 0.4) is 0 Å². The van der Waals surface area contributed by atoms with Crippen LogP contribution >= 0.6 is 11.8 Å². The van der Waals surface area contributed by atoms with Gasteiger partial charge in [0.15, 0.2) is 0 Å². The van der Waals surface area contributed by atoms with Crippen LogP contribution in [0.25, 0.3) is 10.9 Å². The number of carboxylic acids is 1. The number of aliphatic carboxylic acids is 1. The van der Waals surface area contributed by atoms with Crippen LogP contribution in [0.15, 0.2) is 46.2 Å². The van der Waals surface area contributed by atoms with Crippen LogP contribution in [-0.2, 0) is 17.8 Å². The number of aryl methyl sites for hydroxylation is 2. The Kier molecular flexibility index (Phi) is 6.68. The molecule has 1 N–H and O–H groups in total. The number of hydrogen-bond acceptors (Lipinski definition) is 2. The molecule has 29 heavy (non-hydrogen) atoms. The number of benzene rings is 2. The summed E-state index contributed by atoms with van der Waals surface area (Å²) in [6.45, 7) is 8.52. The standard InChI is InChI=1S/C22H24FNS.C2H4O2/c1-14(2)18-12-16(23)13-20-21(18)22(19-6-4-5-11-24(19)20)25-17-9-7-15(3)8-10-17;1-2(3)4/h7-10,12-14H,4-6,11H2,1-3H3;1H3,(H,3,4). The molecule has 0 amide bonds. The molecule has 1 aromatic heterocycles. The molecule has 0 fully saturated rings. The lowest BCUT2D eigenvalue weighted by molar-refractivity contribution is -0.134. The number of halogens is 1. The van der Waals surface area contributed by atoms with Gasteiger partial charge in [0.2, 0.25) is 0 Å². The van der Waals surface area contributed by atoms with Crippen molar-refractivity contribution in [2.24, 2.45) is 0 Å². The lowest BCUT2D eigenvalue weighted by Gasteiger charge is -2.17. The SMILES string of the molecule is CC(=O)O.Cc1ccc(Sc2c3n(c4cc(F)cc(C(C)C)c24)CCCC3)cc1. The van der Waals surface area contributed by atoms with E-state index in [-0.39, 0.29) is 5.82 Å². The second kappa shape index (κ2) is 9.04. The molecule has 0 unspecified atom stereocenters. The molecule has 4 rings (SSSR count). The first kappa shape index (κ1) is 21.4. The first-order valence-electron chi connectivity index (χ1n) is 10.1.